The number of hydrogen-bond acceptors (Lipinski definition) is 5. The Kier molecular flexibility index (Phi) is 7.20. The van der Waals surface area contributed by atoms with Crippen molar-refractivity contribution < 1.29 is 13.9 Å². The van der Waals surface area contributed by atoms with E-state index in [1.54, 1.807) is 0 Å². The minimum Gasteiger partial charge on any atom is -0.425 e. The summed E-state index contributed by atoms with van der Waals surface area (Å²) in [5.41, 5.74) is 1.19. The van der Waals surface area contributed by atoms with Gasteiger partial charge in [0.1, 0.15) is 0 Å². The van der Waals surface area contributed by atoms with Crippen molar-refractivity contribution in [2.75, 3.05) is 6.61 Å². The van der Waals surface area contributed by atoms with Gasteiger partial charge < -0.3 is 14.5 Å². The van der Waals surface area contributed by atoms with Crippen molar-refractivity contribution in [3.63, 3.8) is 0 Å². The molecule has 1 N–H and O–H groups in total. The van der Waals surface area contributed by atoms with Gasteiger partial charge in [0.2, 0.25) is 17.7 Å². The van der Waals surface area contributed by atoms with Crippen LogP contribution in [0.15, 0.2) is 34.7 Å². The Balaban J connectivity index is 1.33. The minimum atomic E-state index is -0.169. The number of aromatic nitrogens is 2. The lowest BCUT2D eigenvalue weighted by Crippen LogP contribution is -2.45. The summed E-state index contributed by atoms with van der Waals surface area (Å²) in [6, 6.07) is 10.7. The van der Waals surface area contributed by atoms with Gasteiger partial charge >= 0.3 is 0 Å². The molecule has 6 nitrogen and oxygen atoms in total. The summed E-state index contributed by atoms with van der Waals surface area (Å²) in [6.07, 6.45) is 6.49. The second kappa shape index (κ2) is 9.82. The zero-order chi connectivity index (χ0) is 19.8. The summed E-state index contributed by atoms with van der Waals surface area (Å²) in [6.45, 7) is 4.81. The predicted molar refractivity (Wildman–Crippen MR) is 107 cm³/mol. The first-order chi connectivity index (χ1) is 13.5. The molecule has 0 saturated carbocycles. The topological polar surface area (TPSA) is 77.3 Å². The molecule has 1 aliphatic heterocycles. The van der Waals surface area contributed by atoms with Crippen molar-refractivity contribution in [1.29, 1.82) is 0 Å². The zero-order valence-corrected chi connectivity index (χ0v) is 16.9. The van der Waals surface area contributed by atoms with Gasteiger partial charge in [0, 0.05) is 31.9 Å². The van der Waals surface area contributed by atoms with Crippen molar-refractivity contribution in [3.05, 3.63) is 47.7 Å². The molecule has 1 saturated heterocycles. The summed E-state index contributed by atoms with van der Waals surface area (Å²) in [5, 5.41) is 11.3. The molecule has 28 heavy (non-hydrogen) atoms. The summed E-state index contributed by atoms with van der Waals surface area (Å²) in [4.78, 5) is 12.2. The zero-order valence-electron chi connectivity index (χ0n) is 16.9. The average molecular weight is 386 g/mol. The molecule has 0 unspecified atom stereocenters. The van der Waals surface area contributed by atoms with Crippen LogP contribution in [0.1, 0.15) is 63.3 Å². The third kappa shape index (κ3) is 6.75. The van der Waals surface area contributed by atoms with Gasteiger partial charge in [-0.1, -0.05) is 30.3 Å². The van der Waals surface area contributed by atoms with Crippen LogP contribution in [-0.4, -0.2) is 34.4 Å². The van der Waals surface area contributed by atoms with E-state index in [0.29, 0.717) is 31.2 Å². The number of nitrogens with zero attached hydrogens (tertiary/aromatic N) is 2. The standard InChI is InChI=1S/C22H31N3O3/c1-22(2)16-18(14-15-27-22)23-19(26)12-13-21-25-24-20(28-21)11-7-6-10-17-8-4-3-5-9-17/h3-5,8-9,18H,6-7,10-16H2,1-2H3,(H,23,26)/t18-/m1/s1. The number of amides is 1. The van der Waals surface area contributed by atoms with E-state index in [1.807, 2.05) is 6.07 Å². The fraction of sp³-hybridized carbons (Fsp3) is 0.591. The number of unbranched alkanes of at least 4 members (excludes halogenated alkanes) is 1. The fourth-order valence-electron chi connectivity index (χ4n) is 3.62. The van der Waals surface area contributed by atoms with Crippen LogP contribution >= 0.6 is 0 Å². The number of ether oxygens (including phenoxy) is 1. The third-order valence-electron chi connectivity index (χ3n) is 5.09. The Morgan fingerprint density at radius 3 is 2.57 bits per heavy atom. The van der Waals surface area contributed by atoms with E-state index in [9.17, 15) is 4.79 Å². The number of carbonyl (C=O) groups is 1. The Bertz CT molecular complexity index is 742. The minimum absolute atomic E-state index is 0.0327. The first-order valence-corrected chi connectivity index (χ1v) is 10.3. The summed E-state index contributed by atoms with van der Waals surface area (Å²) in [5.74, 6) is 1.24. The number of rotatable bonds is 9. The van der Waals surface area contributed by atoms with Crippen LogP contribution in [-0.2, 0) is 28.8 Å². The molecule has 0 radical (unpaired) electrons. The largest absolute Gasteiger partial charge is 0.425 e. The summed E-state index contributed by atoms with van der Waals surface area (Å²) in [7, 11) is 0. The fourth-order valence-corrected chi connectivity index (χ4v) is 3.62. The summed E-state index contributed by atoms with van der Waals surface area (Å²) < 4.78 is 11.4. The molecule has 6 heteroatoms. The monoisotopic (exact) mass is 385 g/mol. The highest BCUT2D eigenvalue weighted by atomic mass is 16.5. The third-order valence-corrected chi connectivity index (χ3v) is 5.09. The van der Waals surface area contributed by atoms with Crippen molar-refractivity contribution in [2.45, 2.75) is 76.9 Å². The molecule has 2 aromatic rings. The summed E-state index contributed by atoms with van der Waals surface area (Å²) >= 11 is 0. The lowest BCUT2D eigenvalue weighted by Gasteiger charge is -2.35. The van der Waals surface area contributed by atoms with E-state index in [4.69, 9.17) is 9.15 Å². The molecule has 1 amide bonds. The van der Waals surface area contributed by atoms with Gasteiger partial charge in [0.15, 0.2) is 0 Å². The SMILES string of the molecule is CC1(C)C[C@H](NC(=O)CCc2nnc(CCCCc3ccccc3)o2)CCO1. The van der Waals surface area contributed by atoms with E-state index >= 15 is 0 Å². The first-order valence-electron chi connectivity index (χ1n) is 10.3. The Morgan fingerprint density at radius 1 is 1.11 bits per heavy atom. The number of carbonyl (C=O) groups excluding carboxylic acids is 1. The van der Waals surface area contributed by atoms with Gasteiger partial charge in [0.25, 0.3) is 0 Å². The van der Waals surface area contributed by atoms with Crippen molar-refractivity contribution in [1.82, 2.24) is 15.5 Å². The molecule has 1 aromatic carbocycles. The molecule has 1 aliphatic rings. The van der Waals surface area contributed by atoms with Gasteiger partial charge in [-0.2, -0.15) is 0 Å². The van der Waals surface area contributed by atoms with Crippen molar-refractivity contribution in [3.8, 4) is 0 Å². The van der Waals surface area contributed by atoms with Crippen LogP contribution in [0.4, 0.5) is 0 Å². The van der Waals surface area contributed by atoms with Gasteiger partial charge in [0.05, 0.1) is 5.60 Å². The Hall–Kier alpha value is -2.21. The molecular formula is C22H31N3O3. The maximum atomic E-state index is 12.2. The number of hydrogen-bond donors (Lipinski definition) is 1. The lowest BCUT2D eigenvalue weighted by molar-refractivity contribution is -0.124. The van der Waals surface area contributed by atoms with E-state index in [-0.39, 0.29) is 17.6 Å². The molecule has 0 aliphatic carbocycles. The van der Waals surface area contributed by atoms with E-state index in [1.165, 1.54) is 5.56 Å². The molecule has 1 fully saturated rings. The quantitative estimate of drug-likeness (QED) is 0.667. The molecular weight excluding hydrogens is 354 g/mol. The van der Waals surface area contributed by atoms with Gasteiger partial charge in [-0.3, -0.25) is 4.79 Å². The van der Waals surface area contributed by atoms with E-state index in [0.717, 1.165) is 38.5 Å². The Labute approximate surface area is 167 Å². The van der Waals surface area contributed by atoms with Crippen LogP contribution in [0.5, 0.6) is 0 Å². The normalized spacial score (nSPS) is 18.7. The second-order valence-electron chi connectivity index (χ2n) is 8.15. The average Bonchev–Trinajstić information content (AvgIpc) is 3.11. The van der Waals surface area contributed by atoms with E-state index in [2.05, 4.69) is 53.6 Å². The van der Waals surface area contributed by atoms with Crippen LogP contribution < -0.4 is 5.32 Å². The van der Waals surface area contributed by atoms with Crippen LogP contribution in [0, 0.1) is 0 Å². The van der Waals surface area contributed by atoms with Crippen LogP contribution in [0.25, 0.3) is 0 Å². The molecule has 1 aromatic heterocycles. The maximum absolute atomic E-state index is 12.2. The van der Waals surface area contributed by atoms with Gasteiger partial charge in [-0.05, 0) is 51.5 Å². The number of benzene rings is 1. The number of nitrogens with one attached hydrogen (secondary N) is 1. The van der Waals surface area contributed by atoms with Crippen LogP contribution in [0.2, 0.25) is 0 Å². The molecule has 152 valence electrons. The van der Waals surface area contributed by atoms with E-state index < -0.39 is 0 Å². The van der Waals surface area contributed by atoms with Crippen molar-refractivity contribution in [2.24, 2.45) is 0 Å². The smallest absolute Gasteiger partial charge is 0.220 e. The first kappa shape index (κ1) is 20.5. The molecule has 0 bridgehead atoms. The molecule has 3 rings (SSSR count). The maximum Gasteiger partial charge on any atom is 0.220 e. The number of aryl methyl sites for hydroxylation is 3. The van der Waals surface area contributed by atoms with Gasteiger partial charge in [-0.15, -0.1) is 10.2 Å². The van der Waals surface area contributed by atoms with Gasteiger partial charge in [-0.25, -0.2) is 0 Å². The Morgan fingerprint density at radius 2 is 1.82 bits per heavy atom. The predicted octanol–water partition coefficient (Wildman–Crippen LogP) is 3.64. The lowest BCUT2D eigenvalue weighted by atomic mass is 9.94. The highest BCUT2D eigenvalue weighted by Crippen LogP contribution is 2.24. The highest BCUT2D eigenvalue weighted by molar-refractivity contribution is 5.76. The van der Waals surface area contributed by atoms with Crippen LogP contribution in [0.3, 0.4) is 0 Å². The molecule has 2 heterocycles. The van der Waals surface area contributed by atoms with Crippen molar-refractivity contribution >= 4 is 5.91 Å². The molecule has 1 atom stereocenters. The molecule has 0 spiro atoms. The highest BCUT2D eigenvalue weighted by Gasteiger charge is 2.29. The second-order valence-corrected chi connectivity index (χ2v) is 8.15.